The number of hydrogen-bond acceptors (Lipinski definition) is 7. The van der Waals surface area contributed by atoms with Gasteiger partial charge in [-0.1, -0.05) is 66.8 Å². The Morgan fingerprint density at radius 2 is 1.84 bits per heavy atom. The van der Waals surface area contributed by atoms with Crippen molar-refractivity contribution in [1.82, 2.24) is 25.2 Å². The molecule has 1 aliphatic heterocycles. The maximum Gasteiger partial charge on any atom is 0.310 e. The molecule has 38 heavy (non-hydrogen) atoms. The first-order valence-electron chi connectivity index (χ1n) is 12.8. The number of ether oxygens (including phenoxy) is 1. The normalized spacial score (nSPS) is 25.3. The van der Waals surface area contributed by atoms with E-state index in [1.165, 1.54) is 4.90 Å². The summed E-state index contributed by atoms with van der Waals surface area (Å²) in [6, 6.07) is 14.8. The van der Waals surface area contributed by atoms with Crippen LogP contribution in [0, 0.1) is 23.7 Å². The molecule has 1 aliphatic carbocycles. The summed E-state index contributed by atoms with van der Waals surface area (Å²) in [5.41, 5.74) is 2.16. The van der Waals surface area contributed by atoms with Crippen molar-refractivity contribution in [1.29, 1.82) is 0 Å². The zero-order chi connectivity index (χ0) is 26.8. The van der Waals surface area contributed by atoms with E-state index in [2.05, 4.69) is 15.6 Å². The Morgan fingerprint density at radius 3 is 2.58 bits per heavy atom. The van der Waals surface area contributed by atoms with Crippen LogP contribution in [0.1, 0.15) is 25.5 Å². The Hall–Kier alpha value is -4.05. The zero-order valence-electron chi connectivity index (χ0n) is 21.3. The van der Waals surface area contributed by atoms with Crippen LogP contribution in [0.3, 0.4) is 0 Å². The largest absolute Gasteiger partial charge is 0.466 e. The molecule has 2 aromatic carbocycles. The number of likely N-dealkylation sites (tertiary alicyclic amines) is 1. The maximum absolute atomic E-state index is 14.1. The number of aliphatic hydroxyl groups is 1. The topological polar surface area (TPSA) is 127 Å². The molecule has 10 nitrogen and oxygen atoms in total. The highest BCUT2D eigenvalue weighted by Gasteiger charge is 2.58. The number of esters is 1. The summed E-state index contributed by atoms with van der Waals surface area (Å²) in [6.45, 7) is 3.46. The molecule has 0 bridgehead atoms. The number of rotatable bonds is 8. The lowest BCUT2D eigenvalue weighted by molar-refractivity contribution is -0.155. The molecule has 6 atom stereocenters. The number of carbonyl (C=O) groups excluding carboxylic acids is 3. The number of hydrogen-bond donors (Lipinski definition) is 2. The second-order valence-corrected chi connectivity index (χ2v) is 9.70. The van der Waals surface area contributed by atoms with Crippen molar-refractivity contribution in [3.8, 4) is 0 Å². The zero-order valence-corrected chi connectivity index (χ0v) is 21.3. The van der Waals surface area contributed by atoms with Gasteiger partial charge in [0.15, 0.2) is 0 Å². The summed E-state index contributed by atoms with van der Waals surface area (Å²) >= 11 is 0. The van der Waals surface area contributed by atoms with E-state index >= 15 is 0 Å². The number of benzene rings is 2. The van der Waals surface area contributed by atoms with E-state index in [0.717, 1.165) is 5.52 Å². The molecular formula is C28H31N5O5. The number of amides is 2. The maximum atomic E-state index is 14.1. The van der Waals surface area contributed by atoms with Crippen LogP contribution in [0.25, 0.3) is 11.0 Å². The third-order valence-electron chi connectivity index (χ3n) is 7.55. The Bertz CT molecular complexity index is 1360. The van der Waals surface area contributed by atoms with Crippen molar-refractivity contribution >= 4 is 28.8 Å². The Balaban J connectivity index is 1.50. The number of fused-ring (bicyclic) bond motifs is 2. The first-order chi connectivity index (χ1) is 18.5. The monoisotopic (exact) mass is 517 g/mol. The minimum absolute atomic E-state index is 0.0474. The molecule has 1 aromatic heterocycles. The van der Waals surface area contributed by atoms with Crippen molar-refractivity contribution in [2.75, 3.05) is 13.2 Å². The number of carbonyl (C=O) groups is 3. The fourth-order valence-electron chi connectivity index (χ4n) is 5.79. The van der Waals surface area contributed by atoms with Gasteiger partial charge >= 0.3 is 5.97 Å². The standard InChI is InChI=1S/C28H31N5O5/c1-3-38-28(37)23-17(2)13-14-19-24(23)27(36)33(22(15-34)18-9-5-4-6-10-18)25(19)26(35)29-16-32-21-12-8-7-11-20(21)30-31-32/h4-14,17,19,22-25,34H,3,15-16H2,1-2H3,(H,29,35)/t17-,19+,22-,23-,24-,25+/m1/s1. The number of nitrogens with one attached hydrogen (secondary N) is 1. The van der Waals surface area contributed by atoms with Gasteiger partial charge in [0, 0.05) is 5.92 Å². The average Bonchev–Trinajstić information content (AvgIpc) is 3.47. The van der Waals surface area contributed by atoms with E-state index in [1.807, 2.05) is 73.7 Å². The number of allylic oxidation sites excluding steroid dienone is 1. The molecule has 5 rings (SSSR count). The number of nitrogens with zero attached hydrogens (tertiary/aromatic N) is 4. The third kappa shape index (κ3) is 4.45. The van der Waals surface area contributed by atoms with Crippen LogP contribution in [-0.4, -0.2) is 62.0 Å². The SMILES string of the molecule is CCOC(=O)[C@H]1[C@@H]2C(=O)N([C@H](CO)c3ccccc3)[C@H](C(=O)NCn3nnc4ccccc43)[C@H]2C=C[C@H]1C. The van der Waals surface area contributed by atoms with Gasteiger partial charge in [-0.3, -0.25) is 14.4 Å². The van der Waals surface area contributed by atoms with E-state index in [0.29, 0.717) is 11.1 Å². The molecule has 2 N–H and O–H groups in total. The molecule has 0 spiro atoms. The molecule has 2 aliphatic rings. The van der Waals surface area contributed by atoms with Crippen LogP contribution < -0.4 is 5.32 Å². The first kappa shape index (κ1) is 25.6. The number of aliphatic hydroxyl groups excluding tert-OH is 1. The summed E-state index contributed by atoms with van der Waals surface area (Å²) in [5.74, 6) is -3.53. The van der Waals surface area contributed by atoms with Gasteiger partial charge in [-0.05, 0) is 30.5 Å². The highest BCUT2D eigenvalue weighted by atomic mass is 16.5. The fraction of sp³-hybridized carbons (Fsp3) is 0.393. The molecule has 3 aromatic rings. The molecular weight excluding hydrogens is 486 g/mol. The van der Waals surface area contributed by atoms with Crippen LogP contribution in [0.5, 0.6) is 0 Å². The average molecular weight is 518 g/mol. The molecule has 0 unspecified atom stereocenters. The van der Waals surface area contributed by atoms with Crippen LogP contribution in [0.15, 0.2) is 66.7 Å². The van der Waals surface area contributed by atoms with Gasteiger partial charge in [-0.25, -0.2) is 4.68 Å². The van der Waals surface area contributed by atoms with Crippen LogP contribution in [0.2, 0.25) is 0 Å². The molecule has 1 fully saturated rings. The van der Waals surface area contributed by atoms with Crippen molar-refractivity contribution in [3.63, 3.8) is 0 Å². The minimum atomic E-state index is -0.944. The van der Waals surface area contributed by atoms with E-state index < -0.39 is 41.7 Å². The highest BCUT2D eigenvalue weighted by molar-refractivity contribution is 5.96. The Labute approximate surface area is 220 Å². The minimum Gasteiger partial charge on any atom is -0.466 e. The second-order valence-electron chi connectivity index (χ2n) is 9.70. The first-order valence-corrected chi connectivity index (χ1v) is 12.8. The molecule has 198 valence electrons. The lowest BCUT2D eigenvalue weighted by atomic mass is 9.70. The van der Waals surface area contributed by atoms with E-state index in [-0.39, 0.29) is 31.7 Å². The third-order valence-corrected chi connectivity index (χ3v) is 7.55. The number of aromatic nitrogens is 3. The summed E-state index contributed by atoms with van der Waals surface area (Å²) in [7, 11) is 0. The van der Waals surface area contributed by atoms with Crippen LogP contribution in [-0.2, 0) is 25.8 Å². The van der Waals surface area contributed by atoms with Gasteiger partial charge in [-0.2, -0.15) is 0 Å². The molecule has 2 heterocycles. The fourth-order valence-corrected chi connectivity index (χ4v) is 5.79. The summed E-state index contributed by atoms with van der Waals surface area (Å²) in [4.78, 5) is 42.3. The van der Waals surface area contributed by atoms with E-state index in [9.17, 15) is 19.5 Å². The van der Waals surface area contributed by atoms with Crippen molar-refractivity contribution in [3.05, 3.63) is 72.3 Å². The van der Waals surface area contributed by atoms with Gasteiger partial charge < -0.3 is 20.1 Å². The van der Waals surface area contributed by atoms with E-state index in [4.69, 9.17) is 4.74 Å². The van der Waals surface area contributed by atoms with Crippen molar-refractivity contribution in [2.45, 2.75) is 32.6 Å². The van der Waals surface area contributed by atoms with Gasteiger partial charge in [0.05, 0.1) is 36.6 Å². The molecule has 0 radical (unpaired) electrons. The quantitative estimate of drug-likeness (QED) is 0.346. The lowest BCUT2D eigenvalue weighted by Gasteiger charge is -2.33. The molecule has 1 saturated heterocycles. The molecule has 10 heteroatoms. The van der Waals surface area contributed by atoms with Crippen molar-refractivity contribution < 1.29 is 24.2 Å². The number of para-hydroxylation sites is 1. The smallest absolute Gasteiger partial charge is 0.310 e. The van der Waals surface area contributed by atoms with E-state index in [1.54, 1.807) is 11.6 Å². The van der Waals surface area contributed by atoms with Gasteiger partial charge in [0.2, 0.25) is 11.8 Å². The summed E-state index contributed by atoms with van der Waals surface area (Å²) < 4.78 is 6.91. The van der Waals surface area contributed by atoms with Crippen LogP contribution >= 0.6 is 0 Å². The summed E-state index contributed by atoms with van der Waals surface area (Å²) in [6.07, 6.45) is 3.73. The van der Waals surface area contributed by atoms with Gasteiger partial charge in [0.1, 0.15) is 18.2 Å². The van der Waals surface area contributed by atoms with Crippen LogP contribution in [0.4, 0.5) is 0 Å². The summed E-state index contributed by atoms with van der Waals surface area (Å²) in [5, 5.41) is 21.6. The highest BCUT2D eigenvalue weighted by Crippen LogP contribution is 2.47. The molecule has 2 amide bonds. The predicted molar refractivity (Wildman–Crippen MR) is 138 cm³/mol. The Kier molecular flexibility index (Phi) is 7.24. The lowest BCUT2D eigenvalue weighted by Crippen LogP contribution is -2.49. The van der Waals surface area contributed by atoms with Gasteiger partial charge in [-0.15, -0.1) is 5.10 Å². The van der Waals surface area contributed by atoms with Crippen molar-refractivity contribution in [2.24, 2.45) is 23.7 Å². The van der Waals surface area contributed by atoms with Gasteiger partial charge in [0.25, 0.3) is 0 Å². The predicted octanol–water partition coefficient (Wildman–Crippen LogP) is 2.07. The second kappa shape index (κ2) is 10.7. The molecule has 0 saturated carbocycles. The Morgan fingerprint density at radius 1 is 1.11 bits per heavy atom.